The molecule has 0 N–H and O–H groups in total. The molecule has 1 heterocycles. The van der Waals surface area contributed by atoms with Crippen LogP contribution in [0.1, 0.15) is 35.4 Å². The van der Waals surface area contributed by atoms with Gasteiger partial charge in [0.2, 0.25) is 0 Å². The van der Waals surface area contributed by atoms with E-state index in [0.29, 0.717) is 0 Å². The zero-order valence-corrected chi connectivity index (χ0v) is 26.0. The molecule has 222 valence electrons. The van der Waals surface area contributed by atoms with E-state index in [1.54, 1.807) is 0 Å². The van der Waals surface area contributed by atoms with E-state index in [-0.39, 0.29) is 5.92 Å². The fourth-order valence-electron chi connectivity index (χ4n) is 8.27. The third-order valence-corrected chi connectivity index (χ3v) is 10.4. The number of hydrogen-bond donors (Lipinski definition) is 0. The molecule has 1 aromatic heterocycles. The second kappa shape index (κ2) is 10.4. The minimum atomic E-state index is 0.236. The first-order valence-electron chi connectivity index (χ1n) is 16.8. The highest BCUT2D eigenvalue weighted by Crippen LogP contribution is 2.44. The maximum absolute atomic E-state index is 6.44. The summed E-state index contributed by atoms with van der Waals surface area (Å²) in [5.41, 5.74) is 11.2. The molecular weight excluding hydrogens is 569 g/mol. The van der Waals surface area contributed by atoms with E-state index >= 15 is 0 Å². The summed E-state index contributed by atoms with van der Waals surface area (Å²) in [4.78, 5) is 0. The molecule has 8 aromatic rings. The predicted molar refractivity (Wildman–Crippen MR) is 199 cm³/mol. The van der Waals surface area contributed by atoms with Crippen LogP contribution >= 0.6 is 0 Å². The van der Waals surface area contributed by atoms with E-state index in [9.17, 15) is 0 Å². The molecular formula is C46H32O. The second-order valence-corrected chi connectivity index (χ2v) is 13.1. The minimum Gasteiger partial charge on any atom is -0.456 e. The molecule has 1 unspecified atom stereocenters. The Kier molecular flexibility index (Phi) is 5.90. The maximum Gasteiger partial charge on any atom is 0.136 e. The van der Waals surface area contributed by atoms with Gasteiger partial charge >= 0.3 is 0 Å². The third kappa shape index (κ3) is 4.16. The molecule has 0 saturated carbocycles. The Morgan fingerprint density at radius 3 is 2.15 bits per heavy atom. The van der Waals surface area contributed by atoms with Gasteiger partial charge in [0.05, 0.1) is 0 Å². The van der Waals surface area contributed by atoms with Gasteiger partial charge in [-0.1, -0.05) is 127 Å². The van der Waals surface area contributed by atoms with Crippen molar-refractivity contribution in [3.8, 4) is 22.3 Å². The zero-order valence-electron chi connectivity index (χ0n) is 26.0. The van der Waals surface area contributed by atoms with Crippen molar-refractivity contribution in [2.75, 3.05) is 0 Å². The summed E-state index contributed by atoms with van der Waals surface area (Å²) in [5, 5.41) is 10.3. The van der Waals surface area contributed by atoms with E-state index < -0.39 is 0 Å². The van der Waals surface area contributed by atoms with Crippen LogP contribution in [0.4, 0.5) is 0 Å². The molecule has 0 fully saturated rings. The highest BCUT2D eigenvalue weighted by molar-refractivity contribution is 6.16. The summed E-state index contributed by atoms with van der Waals surface area (Å²) in [6.07, 6.45) is 12.5. The first-order chi connectivity index (χ1) is 23.3. The summed E-state index contributed by atoms with van der Waals surface area (Å²) >= 11 is 0. The SMILES string of the molecule is C1=Cc2c(ccc3oc4c(c23)=CC(c2c3ccccc3c(-c3cccc(-c5ccc6ccccc6c5)c3)c3ccccc23)CC=4)CC1. The van der Waals surface area contributed by atoms with Gasteiger partial charge in [-0.2, -0.15) is 0 Å². The van der Waals surface area contributed by atoms with Gasteiger partial charge in [-0.3, -0.25) is 0 Å². The standard InChI is InChI=1S/C46H32O/c1-2-12-31-26-33(21-20-29(31)10-1)32-13-9-14-34(27-32)44-37-16-5-7-18-39(37)45(40-19-8-6-17-38(40)44)35-23-24-42-41(28-35)46-36-15-4-3-11-30(36)22-25-43(46)47-42/h1-2,4-10,12-22,24-28,35H,3,11,23H2. The molecule has 1 nitrogen and oxygen atoms in total. The Morgan fingerprint density at radius 1 is 0.596 bits per heavy atom. The summed E-state index contributed by atoms with van der Waals surface area (Å²) in [6.45, 7) is 0. The van der Waals surface area contributed by atoms with Gasteiger partial charge in [0, 0.05) is 16.5 Å². The van der Waals surface area contributed by atoms with E-state index in [0.717, 1.165) is 30.3 Å². The van der Waals surface area contributed by atoms with Crippen molar-refractivity contribution in [3.63, 3.8) is 0 Å². The first-order valence-corrected chi connectivity index (χ1v) is 16.8. The first kappa shape index (κ1) is 26.5. The minimum absolute atomic E-state index is 0.236. The van der Waals surface area contributed by atoms with Gasteiger partial charge in [0.1, 0.15) is 11.0 Å². The highest BCUT2D eigenvalue weighted by atomic mass is 16.3. The van der Waals surface area contributed by atoms with Crippen molar-refractivity contribution < 1.29 is 4.42 Å². The summed E-state index contributed by atoms with van der Waals surface area (Å²) in [5.74, 6) is 0.236. The van der Waals surface area contributed by atoms with Crippen molar-refractivity contribution in [2.24, 2.45) is 0 Å². The highest BCUT2D eigenvalue weighted by Gasteiger charge is 2.23. The number of fused-ring (bicyclic) bond motifs is 8. The number of furan rings is 1. The monoisotopic (exact) mass is 600 g/mol. The van der Waals surface area contributed by atoms with Crippen LogP contribution < -0.4 is 10.6 Å². The quantitative estimate of drug-likeness (QED) is 0.184. The maximum atomic E-state index is 6.44. The van der Waals surface area contributed by atoms with Crippen LogP contribution in [0.25, 0.3) is 83.8 Å². The third-order valence-electron chi connectivity index (χ3n) is 10.4. The lowest BCUT2D eigenvalue weighted by molar-refractivity contribution is 0.570. The molecule has 0 bridgehead atoms. The molecule has 10 rings (SSSR count). The van der Waals surface area contributed by atoms with Crippen LogP contribution in [-0.4, -0.2) is 0 Å². The van der Waals surface area contributed by atoms with Gasteiger partial charge in [-0.25, -0.2) is 0 Å². The molecule has 1 atom stereocenters. The summed E-state index contributed by atoms with van der Waals surface area (Å²) in [6, 6.07) is 47.0. The molecule has 0 aliphatic heterocycles. The predicted octanol–water partition coefficient (Wildman–Crippen LogP) is 10.9. The van der Waals surface area contributed by atoms with Crippen LogP contribution in [0.2, 0.25) is 0 Å². The molecule has 47 heavy (non-hydrogen) atoms. The van der Waals surface area contributed by atoms with Gasteiger partial charge < -0.3 is 4.42 Å². The molecule has 7 aromatic carbocycles. The Morgan fingerprint density at radius 2 is 1.32 bits per heavy atom. The van der Waals surface area contributed by atoms with Crippen molar-refractivity contribution >= 4 is 61.5 Å². The Hall–Kier alpha value is -5.66. The van der Waals surface area contributed by atoms with Crippen LogP contribution in [0, 0.1) is 0 Å². The fraction of sp³-hybridized carbons (Fsp3) is 0.0870. The van der Waals surface area contributed by atoms with E-state index in [1.165, 1.54) is 81.9 Å². The number of benzene rings is 7. The molecule has 2 aliphatic rings. The van der Waals surface area contributed by atoms with Crippen LogP contribution in [-0.2, 0) is 6.42 Å². The number of aryl methyl sites for hydroxylation is 1. The summed E-state index contributed by atoms with van der Waals surface area (Å²) in [7, 11) is 0. The molecule has 0 spiro atoms. The Balaban J connectivity index is 1.19. The van der Waals surface area contributed by atoms with Crippen LogP contribution in [0.5, 0.6) is 0 Å². The average Bonchev–Trinajstić information content (AvgIpc) is 3.52. The van der Waals surface area contributed by atoms with E-state index in [4.69, 9.17) is 4.42 Å². The lowest BCUT2D eigenvalue weighted by Crippen LogP contribution is -2.25. The molecule has 1 heteroatoms. The van der Waals surface area contributed by atoms with Gasteiger partial charge in [-0.05, 0) is 115 Å². The largest absolute Gasteiger partial charge is 0.456 e. The van der Waals surface area contributed by atoms with Crippen molar-refractivity contribution in [1.29, 1.82) is 0 Å². The van der Waals surface area contributed by atoms with Crippen LogP contribution in [0.15, 0.2) is 138 Å². The van der Waals surface area contributed by atoms with Crippen molar-refractivity contribution in [2.45, 2.75) is 25.2 Å². The molecule has 0 saturated heterocycles. The number of hydrogen-bond acceptors (Lipinski definition) is 1. The summed E-state index contributed by atoms with van der Waals surface area (Å²) < 4.78 is 6.44. The van der Waals surface area contributed by atoms with Gasteiger partial charge in [0.25, 0.3) is 0 Å². The van der Waals surface area contributed by atoms with Gasteiger partial charge in [0.15, 0.2) is 0 Å². The lowest BCUT2D eigenvalue weighted by atomic mass is 9.81. The lowest BCUT2D eigenvalue weighted by Gasteiger charge is -2.22. The smallest absolute Gasteiger partial charge is 0.136 e. The fourth-order valence-corrected chi connectivity index (χ4v) is 8.27. The molecule has 0 amide bonds. The zero-order chi connectivity index (χ0) is 30.9. The normalized spacial score (nSPS) is 15.4. The van der Waals surface area contributed by atoms with Gasteiger partial charge in [-0.15, -0.1) is 0 Å². The van der Waals surface area contributed by atoms with Crippen LogP contribution in [0.3, 0.4) is 0 Å². The Labute approximate surface area is 273 Å². The number of rotatable bonds is 3. The number of allylic oxidation sites excluding steroid dienone is 1. The second-order valence-electron chi connectivity index (χ2n) is 13.1. The average molecular weight is 601 g/mol. The Bertz CT molecular complexity index is 2660. The van der Waals surface area contributed by atoms with Crippen molar-refractivity contribution in [1.82, 2.24) is 0 Å². The molecule has 0 radical (unpaired) electrons. The van der Waals surface area contributed by atoms with E-state index in [2.05, 4.69) is 152 Å². The van der Waals surface area contributed by atoms with Crippen molar-refractivity contribution in [3.05, 3.63) is 161 Å². The molecule has 2 aliphatic carbocycles. The van der Waals surface area contributed by atoms with E-state index in [1.807, 2.05) is 0 Å². The topological polar surface area (TPSA) is 13.1 Å².